The predicted octanol–water partition coefficient (Wildman–Crippen LogP) is 4.55. The van der Waals surface area contributed by atoms with Gasteiger partial charge in [0, 0.05) is 31.0 Å². The van der Waals surface area contributed by atoms with Crippen LogP contribution in [0.3, 0.4) is 0 Å². The lowest BCUT2D eigenvalue weighted by Gasteiger charge is -2.26. The molecule has 0 radical (unpaired) electrons. The number of anilines is 4. The van der Waals surface area contributed by atoms with Crippen molar-refractivity contribution in [2.75, 3.05) is 42.7 Å². The zero-order chi connectivity index (χ0) is 24.4. The van der Waals surface area contributed by atoms with Crippen LogP contribution in [0.2, 0.25) is 0 Å². The van der Waals surface area contributed by atoms with Gasteiger partial charge >= 0.3 is 0 Å². The Kier molecular flexibility index (Phi) is 6.58. The maximum absolute atomic E-state index is 13.6. The number of thiophene rings is 1. The Morgan fingerprint density at radius 3 is 2.63 bits per heavy atom. The number of nitrogen functional groups attached to an aromatic ring is 1. The number of nitrogens with zero attached hydrogens (tertiary/aromatic N) is 3. The zero-order valence-electron chi connectivity index (χ0n) is 19.2. The molecule has 5 rings (SSSR count). The monoisotopic (exact) mass is 492 g/mol. The summed E-state index contributed by atoms with van der Waals surface area (Å²) >= 11 is 1.20. The molecule has 0 aliphatic carbocycles. The molecule has 0 spiro atoms. The van der Waals surface area contributed by atoms with Crippen molar-refractivity contribution in [3.05, 3.63) is 70.6 Å². The smallest absolute Gasteiger partial charge is 0.267 e. The van der Waals surface area contributed by atoms with Gasteiger partial charge in [0.05, 0.1) is 24.3 Å². The van der Waals surface area contributed by atoms with Crippen LogP contribution in [0.4, 0.5) is 27.3 Å². The van der Waals surface area contributed by atoms with Crippen molar-refractivity contribution >= 4 is 50.3 Å². The minimum atomic E-state index is -0.310. The minimum Gasteiger partial charge on any atom is -0.397 e. The van der Waals surface area contributed by atoms with Gasteiger partial charge in [-0.3, -0.25) is 9.69 Å². The van der Waals surface area contributed by atoms with Gasteiger partial charge in [0.25, 0.3) is 5.91 Å². The summed E-state index contributed by atoms with van der Waals surface area (Å²) in [6.07, 6.45) is 1.41. The molecular formula is C25H25FN6O2S. The van der Waals surface area contributed by atoms with Gasteiger partial charge in [0.2, 0.25) is 0 Å². The Morgan fingerprint density at radius 2 is 1.89 bits per heavy atom. The number of morpholine rings is 1. The number of benzene rings is 2. The number of nitrogens with one attached hydrogen (secondary N) is 2. The summed E-state index contributed by atoms with van der Waals surface area (Å²) in [6.45, 7) is 5.90. The predicted molar refractivity (Wildman–Crippen MR) is 137 cm³/mol. The Balaban J connectivity index is 1.33. The Morgan fingerprint density at radius 1 is 1.14 bits per heavy atom. The van der Waals surface area contributed by atoms with Crippen molar-refractivity contribution in [3.63, 3.8) is 0 Å². The van der Waals surface area contributed by atoms with Crippen molar-refractivity contribution < 1.29 is 13.9 Å². The number of rotatable bonds is 6. The van der Waals surface area contributed by atoms with E-state index in [1.165, 1.54) is 29.3 Å². The lowest BCUT2D eigenvalue weighted by Crippen LogP contribution is -2.35. The largest absolute Gasteiger partial charge is 0.397 e. The van der Waals surface area contributed by atoms with E-state index in [-0.39, 0.29) is 11.7 Å². The summed E-state index contributed by atoms with van der Waals surface area (Å²) in [5, 5.41) is 6.64. The van der Waals surface area contributed by atoms with Crippen LogP contribution in [0, 0.1) is 12.7 Å². The number of aromatic nitrogens is 2. The SMILES string of the molecule is Cc1cc(Nc2ncnc3sc(C(=O)Nc4ccc(CN5CCOCC5)cc4)c(N)c23)ccc1F. The van der Waals surface area contributed by atoms with E-state index < -0.39 is 0 Å². The van der Waals surface area contributed by atoms with Gasteiger partial charge in [0.15, 0.2) is 0 Å². The molecule has 0 saturated carbocycles. The number of aryl methyl sites for hydroxylation is 1. The summed E-state index contributed by atoms with van der Waals surface area (Å²) in [6, 6.07) is 12.5. The van der Waals surface area contributed by atoms with Crippen LogP contribution in [0.15, 0.2) is 48.8 Å². The summed E-state index contributed by atoms with van der Waals surface area (Å²) in [4.78, 5) is 24.9. The Hall–Kier alpha value is -3.60. The quantitative estimate of drug-likeness (QED) is 0.363. The summed E-state index contributed by atoms with van der Waals surface area (Å²) in [7, 11) is 0. The number of ether oxygens (including phenoxy) is 1. The van der Waals surface area contributed by atoms with Crippen LogP contribution in [0.25, 0.3) is 10.2 Å². The molecule has 2 aromatic carbocycles. The molecule has 0 unspecified atom stereocenters. The first kappa shape index (κ1) is 23.2. The standard InChI is InChI=1S/C25H25FN6O2S/c1-15-12-18(6-7-19(15)26)30-23-20-21(27)22(35-25(20)29-14-28-23)24(33)31-17-4-2-16(3-5-17)13-32-8-10-34-11-9-32/h2-7,12,14H,8-11,13,27H2,1H3,(H,31,33)(H,28,29,30). The number of hydrogen-bond acceptors (Lipinski definition) is 8. The van der Waals surface area contributed by atoms with E-state index in [0.29, 0.717) is 43.5 Å². The maximum atomic E-state index is 13.6. The van der Waals surface area contributed by atoms with Crippen molar-refractivity contribution in [3.8, 4) is 0 Å². The van der Waals surface area contributed by atoms with Crippen molar-refractivity contribution in [2.45, 2.75) is 13.5 Å². The molecule has 0 bridgehead atoms. The molecule has 1 saturated heterocycles. The van der Waals surface area contributed by atoms with Crippen LogP contribution in [-0.4, -0.2) is 47.1 Å². The fourth-order valence-corrected chi connectivity index (χ4v) is 4.93. The number of halogens is 1. The molecule has 1 aliphatic heterocycles. The van der Waals surface area contributed by atoms with E-state index in [2.05, 4.69) is 25.5 Å². The fourth-order valence-electron chi connectivity index (χ4n) is 3.98. The fraction of sp³-hybridized carbons (Fsp3) is 0.240. The molecule has 2 aromatic heterocycles. The number of carbonyl (C=O) groups is 1. The van der Waals surface area contributed by atoms with E-state index >= 15 is 0 Å². The van der Waals surface area contributed by atoms with Gasteiger partial charge in [-0.2, -0.15) is 0 Å². The van der Waals surface area contributed by atoms with Crippen LogP contribution in [0.1, 0.15) is 20.8 Å². The summed E-state index contributed by atoms with van der Waals surface area (Å²) < 4.78 is 19.0. The van der Waals surface area contributed by atoms with Crippen LogP contribution < -0.4 is 16.4 Å². The zero-order valence-corrected chi connectivity index (χ0v) is 20.0. The van der Waals surface area contributed by atoms with E-state index in [0.717, 1.165) is 32.8 Å². The molecule has 1 amide bonds. The molecule has 10 heteroatoms. The first-order valence-electron chi connectivity index (χ1n) is 11.2. The molecule has 35 heavy (non-hydrogen) atoms. The van der Waals surface area contributed by atoms with Gasteiger partial charge in [-0.25, -0.2) is 14.4 Å². The molecule has 180 valence electrons. The number of nitrogens with two attached hydrogens (primary N) is 1. The molecule has 3 heterocycles. The van der Waals surface area contributed by atoms with E-state index in [1.54, 1.807) is 19.1 Å². The third-order valence-corrected chi connectivity index (χ3v) is 6.99. The second-order valence-corrected chi connectivity index (χ2v) is 9.37. The Labute approximate surface area is 205 Å². The third kappa shape index (κ3) is 5.09. The van der Waals surface area contributed by atoms with E-state index in [9.17, 15) is 9.18 Å². The number of amides is 1. The second-order valence-electron chi connectivity index (χ2n) is 8.38. The van der Waals surface area contributed by atoms with Crippen LogP contribution >= 0.6 is 11.3 Å². The highest BCUT2D eigenvalue weighted by atomic mass is 32.1. The first-order valence-corrected chi connectivity index (χ1v) is 12.1. The van der Waals surface area contributed by atoms with Gasteiger partial charge in [0.1, 0.15) is 27.7 Å². The van der Waals surface area contributed by atoms with Crippen molar-refractivity contribution in [1.82, 2.24) is 14.9 Å². The number of carbonyl (C=O) groups excluding carboxylic acids is 1. The molecule has 4 N–H and O–H groups in total. The number of fused-ring (bicyclic) bond motifs is 1. The van der Waals surface area contributed by atoms with E-state index in [4.69, 9.17) is 10.5 Å². The van der Waals surface area contributed by atoms with Gasteiger partial charge in [-0.15, -0.1) is 11.3 Å². The van der Waals surface area contributed by atoms with Gasteiger partial charge < -0.3 is 21.1 Å². The summed E-state index contributed by atoms with van der Waals surface area (Å²) in [5.41, 5.74) is 9.72. The van der Waals surface area contributed by atoms with Crippen LogP contribution in [-0.2, 0) is 11.3 Å². The average Bonchev–Trinajstić information content (AvgIpc) is 3.21. The highest BCUT2D eigenvalue weighted by Crippen LogP contribution is 2.37. The highest BCUT2D eigenvalue weighted by molar-refractivity contribution is 7.21. The summed E-state index contributed by atoms with van der Waals surface area (Å²) in [5.74, 6) is -0.136. The Bertz CT molecular complexity index is 1370. The lowest BCUT2D eigenvalue weighted by atomic mass is 10.2. The third-order valence-electron chi connectivity index (χ3n) is 5.87. The topological polar surface area (TPSA) is 105 Å². The lowest BCUT2D eigenvalue weighted by molar-refractivity contribution is 0.0342. The molecule has 1 fully saturated rings. The van der Waals surface area contributed by atoms with Crippen molar-refractivity contribution in [1.29, 1.82) is 0 Å². The molecular weight excluding hydrogens is 467 g/mol. The molecule has 8 nitrogen and oxygen atoms in total. The maximum Gasteiger partial charge on any atom is 0.267 e. The van der Waals surface area contributed by atoms with Crippen LogP contribution in [0.5, 0.6) is 0 Å². The number of hydrogen-bond donors (Lipinski definition) is 3. The first-order chi connectivity index (χ1) is 17.0. The average molecular weight is 493 g/mol. The van der Waals surface area contributed by atoms with Gasteiger partial charge in [-0.05, 0) is 48.4 Å². The molecule has 4 aromatic rings. The molecule has 0 atom stereocenters. The minimum absolute atomic E-state index is 0.286. The van der Waals surface area contributed by atoms with Crippen molar-refractivity contribution in [2.24, 2.45) is 0 Å². The van der Waals surface area contributed by atoms with Gasteiger partial charge in [-0.1, -0.05) is 12.1 Å². The highest BCUT2D eigenvalue weighted by Gasteiger charge is 2.21. The van der Waals surface area contributed by atoms with E-state index in [1.807, 2.05) is 24.3 Å². The molecule has 1 aliphatic rings. The second kappa shape index (κ2) is 9.95. The normalized spacial score (nSPS) is 14.2.